The molecule has 11 heavy (non-hydrogen) atoms. The molecule has 0 unspecified atom stereocenters. The topological polar surface area (TPSA) is 52.4 Å². The number of guanidine groups is 1. The van der Waals surface area contributed by atoms with E-state index < -0.39 is 0 Å². The summed E-state index contributed by atoms with van der Waals surface area (Å²) in [5.41, 5.74) is 0. The average Bonchev–Trinajstić information content (AvgIpc) is 2.58. The fraction of sp³-hybridized carbons (Fsp3) is 0.833. The zero-order valence-electron chi connectivity index (χ0n) is 6.27. The lowest BCUT2D eigenvalue weighted by molar-refractivity contribution is -0.538. The molecule has 0 amide bonds. The predicted molar refractivity (Wildman–Crippen MR) is 38.6 cm³/mol. The maximum atomic E-state index is 3.79. The number of piperidine rings is 1. The molecule has 5 nitrogen and oxygen atoms in total. The van der Waals surface area contributed by atoms with Crippen molar-refractivity contribution >= 4 is 5.96 Å². The molecule has 0 atom stereocenters. The Kier molecular flexibility index (Phi) is 1.71. The number of hydrogen-bond acceptors (Lipinski definition) is 2. The Hall–Kier alpha value is -1.13. The fourth-order valence-corrected chi connectivity index (χ4v) is 1.36. The Morgan fingerprint density at radius 3 is 2.18 bits per heavy atom. The van der Waals surface area contributed by atoms with E-state index in [0.717, 1.165) is 13.1 Å². The van der Waals surface area contributed by atoms with Gasteiger partial charge in [0.05, 0.1) is 33.8 Å². The van der Waals surface area contributed by atoms with Crippen molar-refractivity contribution in [3.63, 3.8) is 0 Å². The van der Waals surface area contributed by atoms with Gasteiger partial charge in [-0.2, -0.15) is 0 Å². The van der Waals surface area contributed by atoms with Gasteiger partial charge in [-0.15, -0.1) is 0 Å². The summed E-state index contributed by atoms with van der Waals surface area (Å²) in [6.07, 6.45) is 3.78. The van der Waals surface area contributed by atoms with Crippen LogP contribution in [-0.4, -0.2) is 23.6 Å². The van der Waals surface area contributed by atoms with Crippen LogP contribution in [0.1, 0.15) is 19.3 Å². The summed E-state index contributed by atoms with van der Waals surface area (Å²) >= 11 is 0. The van der Waals surface area contributed by atoms with Gasteiger partial charge in [0.15, 0.2) is 0 Å². The molecule has 0 aromatic carbocycles. The van der Waals surface area contributed by atoms with E-state index in [0.29, 0.717) is 5.96 Å². The van der Waals surface area contributed by atoms with Crippen LogP contribution in [0.5, 0.6) is 0 Å². The third-order valence-corrected chi connectivity index (χ3v) is 1.95. The van der Waals surface area contributed by atoms with Crippen LogP contribution in [0.4, 0.5) is 0 Å². The first-order chi connectivity index (χ1) is 5.47. The molecule has 1 saturated heterocycles. The maximum absolute atomic E-state index is 3.79. The molecule has 2 aliphatic heterocycles. The molecule has 0 spiro atoms. The van der Waals surface area contributed by atoms with Crippen LogP contribution in [0.2, 0.25) is 0 Å². The van der Waals surface area contributed by atoms with E-state index in [-0.39, 0.29) is 0 Å². The summed E-state index contributed by atoms with van der Waals surface area (Å²) in [7, 11) is 0. The average molecular weight is 152 g/mol. The minimum absolute atomic E-state index is 0.685. The normalized spacial score (nSPS) is 23.3. The van der Waals surface area contributed by atoms with E-state index in [1.807, 2.05) is 0 Å². The number of hydrogen-bond donors (Lipinski definition) is 0. The molecule has 0 aromatic heterocycles. The standard InChI is InChI=1S/C6H10N5/c1-2-4-11(5-3-1)6-7-9-10-8-6/h1-5H2/q+1. The van der Waals surface area contributed by atoms with Gasteiger partial charge in [0.1, 0.15) is 0 Å². The van der Waals surface area contributed by atoms with Gasteiger partial charge in [-0.3, -0.25) is 4.58 Å². The van der Waals surface area contributed by atoms with Crippen LogP contribution in [0.3, 0.4) is 0 Å². The third-order valence-electron chi connectivity index (χ3n) is 1.95. The molecule has 1 fully saturated rings. The monoisotopic (exact) mass is 152 g/mol. The zero-order valence-corrected chi connectivity index (χ0v) is 6.27. The smallest absolute Gasteiger partial charge is 0.255 e. The van der Waals surface area contributed by atoms with Gasteiger partial charge in [0.2, 0.25) is 0 Å². The molecular formula is C6H10N5+. The van der Waals surface area contributed by atoms with E-state index in [9.17, 15) is 0 Å². The second kappa shape index (κ2) is 2.86. The summed E-state index contributed by atoms with van der Waals surface area (Å²) in [6.45, 7) is 2.10. The van der Waals surface area contributed by atoms with Crippen LogP contribution < -0.4 is 0 Å². The molecular weight excluding hydrogens is 142 g/mol. The lowest BCUT2D eigenvalue weighted by atomic mass is 10.2. The molecule has 0 radical (unpaired) electrons. The van der Waals surface area contributed by atoms with Gasteiger partial charge < -0.3 is 0 Å². The molecule has 0 bridgehead atoms. The van der Waals surface area contributed by atoms with Crippen molar-refractivity contribution in [3.05, 3.63) is 0 Å². The van der Waals surface area contributed by atoms with Crippen molar-refractivity contribution < 1.29 is 4.58 Å². The molecule has 0 saturated carbocycles. The lowest BCUT2D eigenvalue weighted by Crippen LogP contribution is -2.24. The van der Waals surface area contributed by atoms with E-state index >= 15 is 0 Å². The van der Waals surface area contributed by atoms with Crippen LogP contribution in [-0.2, 0) is 0 Å². The van der Waals surface area contributed by atoms with Crippen LogP contribution >= 0.6 is 0 Å². The van der Waals surface area contributed by atoms with E-state index in [1.165, 1.54) is 19.3 Å². The van der Waals surface area contributed by atoms with E-state index in [4.69, 9.17) is 0 Å². The van der Waals surface area contributed by atoms with Crippen molar-refractivity contribution in [1.82, 2.24) is 0 Å². The highest BCUT2D eigenvalue weighted by Crippen LogP contribution is 2.07. The second-order valence-corrected chi connectivity index (χ2v) is 2.73. The summed E-state index contributed by atoms with van der Waals surface area (Å²) < 4.78 is 2.13. The molecule has 58 valence electrons. The Morgan fingerprint density at radius 1 is 0.909 bits per heavy atom. The van der Waals surface area contributed by atoms with Gasteiger partial charge in [-0.05, 0) is 19.3 Å². The molecule has 2 aliphatic rings. The molecule has 0 aromatic rings. The van der Waals surface area contributed by atoms with Gasteiger partial charge in [0, 0.05) is 0 Å². The molecule has 2 heterocycles. The van der Waals surface area contributed by atoms with Crippen molar-refractivity contribution in [2.45, 2.75) is 19.3 Å². The second-order valence-electron chi connectivity index (χ2n) is 2.73. The lowest BCUT2D eigenvalue weighted by Gasteiger charge is -2.11. The van der Waals surface area contributed by atoms with Crippen molar-refractivity contribution in [2.24, 2.45) is 20.7 Å². The molecule has 5 heteroatoms. The quantitative estimate of drug-likeness (QED) is 0.471. The first-order valence-corrected chi connectivity index (χ1v) is 3.90. The fourth-order valence-electron chi connectivity index (χ4n) is 1.36. The van der Waals surface area contributed by atoms with E-state index in [2.05, 4.69) is 25.3 Å². The van der Waals surface area contributed by atoms with Crippen LogP contribution in [0, 0.1) is 0 Å². The first kappa shape index (κ1) is 6.57. The van der Waals surface area contributed by atoms with Crippen molar-refractivity contribution in [2.75, 3.05) is 13.1 Å². The van der Waals surface area contributed by atoms with Crippen LogP contribution in [0.25, 0.3) is 0 Å². The van der Waals surface area contributed by atoms with Crippen molar-refractivity contribution in [1.29, 1.82) is 0 Å². The van der Waals surface area contributed by atoms with Crippen molar-refractivity contribution in [3.8, 4) is 0 Å². The molecule has 0 aliphatic carbocycles. The van der Waals surface area contributed by atoms with Gasteiger partial charge >= 0.3 is 5.96 Å². The van der Waals surface area contributed by atoms with Gasteiger partial charge in [-0.25, -0.2) is 0 Å². The Labute approximate surface area is 64.5 Å². The Bertz CT molecular complexity index is 217. The SMILES string of the molecule is C1CC[N+](=C2N=NN=N2)CC1. The summed E-state index contributed by atoms with van der Waals surface area (Å²) in [6, 6.07) is 0. The third kappa shape index (κ3) is 1.31. The maximum Gasteiger partial charge on any atom is 0.476 e. The molecule has 0 N–H and O–H groups in total. The van der Waals surface area contributed by atoms with Gasteiger partial charge in [0.25, 0.3) is 0 Å². The zero-order chi connectivity index (χ0) is 7.52. The van der Waals surface area contributed by atoms with Gasteiger partial charge in [-0.1, -0.05) is 0 Å². The highest BCUT2D eigenvalue weighted by molar-refractivity contribution is 5.76. The Balaban J connectivity index is 2.17. The first-order valence-electron chi connectivity index (χ1n) is 3.90. The molecule has 2 rings (SSSR count). The summed E-state index contributed by atoms with van der Waals surface area (Å²) in [5.74, 6) is 0.685. The highest BCUT2D eigenvalue weighted by atomic mass is 15.6. The number of nitrogens with zero attached hydrogens (tertiary/aromatic N) is 5. The Morgan fingerprint density at radius 2 is 1.55 bits per heavy atom. The van der Waals surface area contributed by atoms with Crippen LogP contribution in [0.15, 0.2) is 20.7 Å². The summed E-state index contributed by atoms with van der Waals surface area (Å²) in [5, 5.41) is 14.5. The highest BCUT2D eigenvalue weighted by Gasteiger charge is 2.20. The predicted octanol–water partition coefficient (Wildman–Crippen LogP) is 1.37. The minimum Gasteiger partial charge on any atom is -0.255 e. The summed E-state index contributed by atoms with van der Waals surface area (Å²) in [4.78, 5) is 0. The van der Waals surface area contributed by atoms with E-state index in [1.54, 1.807) is 0 Å². The number of rotatable bonds is 0. The minimum atomic E-state index is 0.685. The largest absolute Gasteiger partial charge is 0.476 e.